The zero-order valence-electron chi connectivity index (χ0n) is 11.8. The van der Waals surface area contributed by atoms with Gasteiger partial charge in [0.1, 0.15) is 12.1 Å². The summed E-state index contributed by atoms with van der Waals surface area (Å²) in [6.07, 6.45) is 2.52. The van der Waals surface area contributed by atoms with Crippen LogP contribution in [0.25, 0.3) is 11.1 Å². The maximum absolute atomic E-state index is 5.90. The average Bonchev–Trinajstić information content (AvgIpc) is 2.77. The molecule has 3 rings (SSSR count). The molecule has 1 aliphatic heterocycles. The van der Waals surface area contributed by atoms with Crippen LogP contribution in [0.2, 0.25) is 0 Å². The fourth-order valence-electron chi connectivity index (χ4n) is 2.72. The highest BCUT2D eigenvalue weighted by atomic mass is 16.5. The van der Waals surface area contributed by atoms with Gasteiger partial charge >= 0.3 is 0 Å². The molecule has 1 aliphatic rings. The molecule has 0 aliphatic carbocycles. The Morgan fingerprint density at radius 2 is 2.05 bits per heavy atom. The lowest BCUT2D eigenvalue weighted by Crippen LogP contribution is -2.34. The van der Waals surface area contributed by atoms with Crippen molar-refractivity contribution in [2.24, 2.45) is 0 Å². The summed E-state index contributed by atoms with van der Waals surface area (Å²) in [4.78, 5) is 4.40. The monoisotopic (exact) mass is 276 g/mol. The lowest BCUT2D eigenvalue weighted by Gasteiger charge is -2.31. The molecule has 0 saturated carbocycles. The van der Waals surface area contributed by atoms with Crippen molar-refractivity contribution in [1.82, 2.24) is 4.98 Å². The minimum Gasteiger partial charge on any atom is -0.438 e. The van der Waals surface area contributed by atoms with E-state index in [1.807, 2.05) is 12.1 Å². The van der Waals surface area contributed by atoms with E-state index in [2.05, 4.69) is 18.8 Å². The summed E-state index contributed by atoms with van der Waals surface area (Å²) in [7, 11) is 0. The number of ether oxygens (including phenoxy) is 2. The molecule has 0 spiro atoms. The summed E-state index contributed by atoms with van der Waals surface area (Å²) in [5, 5.41) is 0. The first-order chi connectivity index (χ1) is 9.60. The zero-order valence-corrected chi connectivity index (χ0v) is 11.8. The van der Waals surface area contributed by atoms with Gasteiger partial charge in [0.15, 0.2) is 5.58 Å². The number of hydrogen-bond donors (Lipinski definition) is 1. The van der Waals surface area contributed by atoms with Crippen LogP contribution in [-0.2, 0) is 16.1 Å². The van der Waals surface area contributed by atoms with Crippen molar-refractivity contribution in [3.8, 4) is 0 Å². The maximum atomic E-state index is 5.90. The number of oxazole rings is 1. The van der Waals surface area contributed by atoms with Crippen LogP contribution in [-0.4, -0.2) is 23.3 Å². The van der Waals surface area contributed by atoms with Crippen LogP contribution in [0.3, 0.4) is 0 Å². The Kier molecular flexibility index (Phi) is 3.63. The third-order valence-electron chi connectivity index (χ3n) is 3.55. The first-order valence-electron chi connectivity index (χ1n) is 7.02. The van der Waals surface area contributed by atoms with Crippen molar-refractivity contribution in [3.63, 3.8) is 0 Å². The largest absolute Gasteiger partial charge is 0.438 e. The van der Waals surface area contributed by atoms with Gasteiger partial charge in [0.25, 0.3) is 0 Å². The minimum absolute atomic E-state index is 0.203. The molecule has 108 valence electrons. The molecule has 2 atom stereocenters. The lowest BCUT2D eigenvalue weighted by molar-refractivity contribution is -0.108. The smallest absolute Gasteiger partial charge is 0.221 e. The number of anilines is 1. The first-order valence-corrected chi connectivity index (χ1v) is 7.02. The SMILES string of the molecule is CC1CC(OCc2nc3ccc(N)cc3o2)CC(C)O1. The molecule has 1 fully saturated rings. The quantitative estimate of drug-likeness (QED) is 0.873. The van der Waals surface area contributed by atoms with Gasteiger partial charge in [-0.05, 0) is 38.8 Å². The van der Waals surface area contributed by atoms with Gasteiger partial charge in [-0.15, -0.1) is 0 Å². The molecule has 2 heterocycles. The molecule has 1 saturated heterocycles. The molecule has 0 amide bonds. The second-order valence-corrected chi connectivity index (χ2v) is 5.50. The molecular weight excluding hydrogens is 256 g/mol. The number of rotatable bonds is 3. The van der Waals surface area contributed by atoms with E-state index < -0.39 is 0 Å². The van der Waals surface area contributed by atoms with Crippen molar-refractivity contribution in [1.29, 1.82) is 0 Å². The van der Waals surface area contributed by atoms with E-state index in [0.29, 0.717) is 23.8 Å². The predicted octanol–water partition coefficient (Wildman–Crippen LogP) is 2.88. The Bertz CT molecular complexity index is 586. The molecule has 5 nitrogen and oxygen atoms in total. The normalized spacial score (nSPS) is 27.0. The van der Waals surface area contributed by atoms with Crippen LogP contribution in [0.4, 0.5) is 5.69 Å². The summed E-state index contributed by atoms with van der Waals surface area (Å²) in [6.45, 7) is 4.54. The van der Waals surface area contributed by atoms with Gasteiger partial charge in [0.2, 0.25) is 5.89 Å². The molecule has 2 N–H and O–H groups in total. The van der Waals surface area contributed by atoms with Gasteiger partial charge in [-0.3, -0.25) is 0 Å². The van der Waals surface area contributed by atoms with Crippen LogP contribution in [0.5, 0.6) is 0 Å². The Balaban J connectivity index is 1.64. The van der Waals surface area contributed by atoms with Crippen molar-refractivity contribution in [2.45, 2.75) is 51.6 Å². The van der Waals surface area contributed by atoms with Crippen molar-refractivity contribution >= 4 is 16.8 Å². The molecule has 1 aromatic carbocycles. The van der Waals surface area contributed by atoms with E-state index in [1.165, 1.54) is 0 Å². The van der Waals surface area contributed by atoms with E-state index in [4.69, 9.17) is 19.6 Å². The van der Waals surface area contributed by atoms with Gasteiger partial charge in [0, 0.05) is 11.8 Å². The molecule has 0 bridgehead atoms. The van der Waals surface area contributed by atoms with E-state index in [0.717, 1.165) is 18.4 Å². The van der Waals surface area contributed by atoms with Gasteiger partial charge in [-0.1, -0.05) is 0 Å². The van der Waals surface area contributed by atoms with E-state index in [1.54, 1.807) is 6.07 Å². The van der Waals surface area contributed by atoms with Crippen molar-refractivity contribution in [2.75, 3.05) is 5.73 Å². The number of nitrogens with two attached hydrogens (primary N) is 1. The maximum Gasteiger partial charge on any atom is 0.221 e. The summed E-state index contributed by atoms with van der Waals surface area (Å²) in [5.41, 5.74) is 7.91. The standard InChI is InChI=1S/C15H20N2O3/c1-9-5-12(6-10(2)19-9)18-8-15-17-13-4-3-11(16)7-14(13)20-15/h3-4,7,9-10,12H,5-6,8,16H2,1-2H3. The Hall–Kier alpha value is -1.59. The summed E-state index contributed by atoms with van der Waals surface area (Å²) in [5.74, 6) is 0.595. The summed E-state index contributed by atoms with van der Waals surface area (Å²) in [6, 6.07) is 5.46. The molecule has 1 aromatic heterocycles. The number of nitrogen functional groups attached to an aromatic ring is 1. The van der Waals surface area contributed by atoms with Gasteiger partial charge < -0.3 is 19.6 Å². The topological polar surface area (TPSA) is 70.5 Å². The summed E-state index contributed by atoms with van der Waals surface area (Å²) >= 11 is 0. The Morgan fingerprint density at radius 1 is 1.30 bits per heavy atom. The Morgan fingerprint density at radius 3 is 2.80 bits per heavy atom. The van der Waals surface area contributed by atoms with Crippen LogP contribution in [0.1, 0.15) is 32.6 Å². The van der Waals surface area contributed by atoms with Crippen LogP contribution < -0.4 is 5.73 Å². The zero-order chi connectivity index (χ0) is 14.1. The van der Waals surface area contributed by atoms with Crippen molar-refractivity contribution in [3.05, 3.63) is 24.1 Å². The van der Waals surface area contributed by atoms with Crippen LogP contribution >= 0.6 is 0 Å². The molecule has 0 radical (unpaired) electrons. The highest BCUT2D eigenvalue weighted by Crippen LogP contribution is 2.24. The molecule has 5 heteroatoms. The highest BCUT2D eigenvalue weighted by Gasteiger charge is 2.25. The first kappa shape index (κ1) is 13.4. The fraction of sp³-hybridized carbons (Fsp3) is 0.533. The molecular formula is C15H20N2O3. The van der Waals surface area contributed by atoms with Gasteiger partial charge in [-0.25, -0.2) is 4.98 Å². The predicted molar refractivity (Wildman–Crippen MR) is 76.2 cm³/mol. The molecule has 2 unspecified atom stereocenters. The van der Waals surface area contributed by atoms with Crippen LogP contribution in [0, 0.1) is 0 Å². The second-order valence-electron chi connectivity index (χ2n) is 5.50. The third-order valence-corrected chi connectivity index (χ3v) is 3.55. The summed E-state index contributed by atoms with van der Waals surface area (Å²) < 4.78 is 17.2. The van der Waals surface area contributed by atoms with Gasteiger partial charge in [-0.2, -0.15) is 0 Å². The second kappa shape index (κ2) is 5.42. The van der Waals surface area contributed by atoms with E-state index >= 15 is 0 Å². The molecule has 2 aromatic rings. The van der Waals surface area contributed by atoms with Gasteiger partial charge in [0.05, 0.1) is 18.3 Å². The number of nitrogens with zero attached hydrogens (tertiary/aromatic N) is 1. The minimum atomic E-state index is 0.203. The number of hydrogen-bond acceptors (Lipinski definition) is 5. The van der Waals surface area contributed by atoms with E-state index in [9.17, 15) is 0 Å². The Labute approximate surface area is 118 Å². The third kappa shape index (κ3) is 2.94. The fourth-order valence-corrected chi connectivity index (χ4v) is 2.72. The van der Waals surface area contributed by atoms with Crippen molar-refractivity contribution < 1.29 is 13.9 Å². The lowest BCUT2D eigenvalue weighted by atomic mass is 10.0. The molecule has 20 heavy (non-hydrogen) atoms. The number of aromatic nitrogens is 1. The number of benzene rings is 1. The van der Waals surface area contributed by atoms with E-state index in [-0.39, 0.29) is 18.3 Å². The average molecular weight is 276 g/mol. The van der Waals surface area contributed by atoms with Crippen LogP contribution in [0.15, 0.2) is 22.6 Å². The highest BCUT2D eigenvalue weighted by molar-refractivity contribution is 5.76. The number of fused-ring (bicyclic) bond motifs is 1.